The molecular formula is C5H9N3O. The monoisotopic (exact) mass is 127 g/mol. The predicted molar refractivity (Wildman–Crippen MR) is 35.8 cm³/mol. The fourth-order valence-electron chi connectivity index (χ4n) is 0.666. The largest absolute Gasteiger partial charge is 0.414 e. The van der Waals surface area contributed by atoms with Gasteiger partial charge in [-0.3, -0.25) is 0 Å². The second-order valence-electron chi connectivity index (χ2n) is 1.66. The van der Waals surface area contributed by atoms with Gasteiger partial charge in [-0.2, -0.15) is 4.73 Å². The molecule has 4 heteroatoms. The first-order chi connectivity index (χ1) is 4.25. The van der Waals surface area contributed by atoms with Crippen LogP contribution in [0.5, 0.6) is 0 Å². The summed E-state index contributed by atoms with van der Waals surface area (Å²) in [5.41, 5.74) is 10.8. The molecule has 0 bridgehead atoms. The Labute approximate surface area is 53.0 Å². The number of nitrogens with two attached hydrogens (primary N) is 2. The molecule has 4 nitrogen and oxygen atoms in total. The number of nitrogen functional groups attached to an aromatic ring is 2. The number of anilines is 2. The minimum Gasteiger partial charge on any atom is -0.414 e. The van der Waals surface area contributed by atoms with Crippen LogP contribution in [0.4, 0.5) is 11.6 Å². The van der Waals surface area contributed by atoms with E-state index in [0.29, 0.717) is 11.6 Å². The molecule has 0 aliphatic rings. The Morgan fingerprint density at radius 2 is 1.78 bits per heavy atom. The van der Waals surface area contributed by atoms with E-state index in [1.807, 2.05) is 0 Å². The lowest BCUT2D eigenvalue weighted by atomic mass is 10.6. The number of aromatic nitrogens is 1. The second-order valence-corrected chi connectivity index (χ2v) is 1.66. The molecule has 0 saturated carbocycles. The molecule has 0 aromatic carbocycles. The lowest BCUT2D eigenvalue weighted by Gasteiger charge is -2.03. The van der Waals surface area contributed by atoms with Crippen LogP contribution in [-0.4, -0.2) is 11.8 Å². The summed E-state index contributed by atoms with van der Waals surface area (Å²) in [6, 6.07) is 3.36. The summed E-state index contributed by atoms with van der Waals surface area (Å²) < 4.78 is 1.35. The molecule has 0 aliphatic carbocycles. The van der Waals surface area contributed by atoms with Gasteiger partial charge in [-0.05, 0) is 12.1 Å². The minimum absolute atomic E-state index is 0.509. The minimum atomic E-state index is 0.509. The van der Waals surface area contributed by atoms with Gasteiger partial charge in [0, 0.05) is 0 Å². The predicted octanol–water partition coefficient (Wildman–Crippen LogP) is -0.289. The lowest BCUT2D eigenvalue weighted by Crippen LogP contribution is -2.11. The molecule has 0 fully saturated rings. The van der Waals surface area contributed by atoms with Gasteiger partial charge in [0.25, 0.3) is 0 Å². The van der Waals surface area contributed by atoms with Crippen molar-refractivity contribution < 1.29 is 4.84 Å². The molecule has 0 saturated heterocycles. The fourth-order valence-corrected chi connectivity index (χ4v) is 0.666. The molecule has 0 atom stereocenters. The lowest BCUT2D eigenvalue weighted by molar-refractivity contribution is 0.179. The third kappa shape index (κ3) is 0.782. The van der Waals surface area contributed by atoms with Crippen LogP contribution in [-0.2, 0) is 0 Å². The molecule has 0 aliphatic heterocycles. The Kier molecular flexibility index (Phi) is 1.22. The number of hydrogen-bond acceptors (Lipinski definition) is 3. The van der Waals surface area contributed by atoms with Crippen molar-refractivity contribution in [2.24, 2.45) is 0 Å². The summed E-state index contributed by atoms with van der Waals surface area (Å²) in [7, 11) is 1.51. The Hall–Kier alpha value is -1.32. The third-order valence-corrected chi connectivity index (χ3v) is 1.08. The standard InChI is InChI=1S/C5H9N3O/c1-9-8-4(6)2-3-5(8)7/h2-3H,6-7H2,1H3. The average molecular weight is 127 g/mol. The number of hydrogen-bond donors (Lipinski definition) is 2. The van der Waals surface area contributed by atoms with Crippen molar-refractivity contribution in [3.63, 3.8) is 0 Å². The van der Waals surface area contributed by atoms with Gasteiger partial charge in [-0.25, -0.2) is 0 Å². The van der Waals surface area contributed by atoms with Crippen LogP contribution in [0.15, 0.2) is 12.1 Å². The van der Waals surface area contributed by atoms with Crippen LogP contribution >= 0.6 is 0 Å². The van der Waals surface area contributed by atoms with Crippen molar-refractivity contribution in [3.8, 4) is 0 Å². The van der Waals surface area contributed by atoms with Gasteiger partial charge in [0.2, 0.25) is 0 Å². The quantitative estimate of drug-likeness (QED) is 0.544. The summed E-state index contributed by atoms with van der Waals surface area (Å²) in [5.74, 6) is 1.02. The van der Waals surface area contributed by atoms with Crippen molar-refractivity contribution >= 4 is 11.6 Å². The zero-order valence-corrected chi connectivity index (χ0v) is 5.16. The van der Waals surface area contributed by atoms with Crippen LogP contribution in [0.2, 0.25) is 0 Å². The van der Waals surface area contributed by atoms with Gasteiger partial charge in [-0.1, -0.05) is 0 Å². The van der Waals surface area contributed by atoms with E-state index >= 15 is 0 Å². The maximum absolute atomic E-state index is 5.41. The molecule has 1 aromatic heterocycles. The molecule has 0 radical (unpaired) electrons. The Balaban J connectivity index is 3.07. The highest BCUT2D eigenvalue weighted by atomic mass is 16.6. The average Bonchev–Trinajstić information content (AvgIpc) is 2.12. The van der Waals surface area contributed by atoms with Crippen LogP contribution < -0.4 is 16.3 Å². The van der Waals surface area contributed by atoms with Crippen molar-refractivity contribution in [1.29, 1.82) is 0 Å². The van der Waals surface area contributed by atoms with Crippen molar-refractivity contribution in [2.75, 3.05) is 18.6 Å². The van der Waals surface area contributed by atoms with Crippen LogP contribution in [0.3, 0.4) is 0 Å². The van der Waals surface area contributed by atoms with E-state index in [1.165, 1.54) is 11.8 Å². The third-order valence-electron chi connectivity index (χ3n) is 1.08. The molecule has 4 N–H and O–H groups in total. The van der Waals surface area contributed by atoms with Crippen LogP contribution in [0, 0.1) is 0 Å². The van der Waals surface area contributed by atoms with E-state index in [9.17, 15) is 0 Å². The van der Waals surface area contributed by atoms with E-state index in [-0.39, 0.29) is 0 Å². The molecule has 0 unspecified atom stereocenters. The van der Waals surface area contributed by atoms with E-state index in [4.69, 9.17) is 16.3 Å². The maximum Gasteiger partial charge on any atom is 0.142 e. The van der Waals surface area contributed by atoms with Gasteiger partial charge < -0.3 is 16.3 Å². The molecule has 50 valence electrons. The maximum atomic E-state index is 5.41. The molecule has 1 heterocycles. The van der Waals surface area contributed by atoms with E-state index in [0.717, 1.165) is 0 Å². The van der Waals surface area contributed by atoms with Gasteiger partial charge in [0.05, 0.1) is 0 Å². The van der Waals surface area contributed by atoms with Crippen LogP contribution in [0.1, 0.15) is 0 Å². The first-order valence-corrected chi connectivity index (χ1v) is 2.53. The summed E-state index contributed by atoms with van der Waals surface area (Å²) in [4.78, 5) is 4.78. The summed E-state index contributed by atoms with van der Waals surface area (Å²) in [6.45, 7) is 0. The second kappa shape index (κ2) is 1.89. The van der Waals surface area contributed by atoms with Gasteiger partial charge >= 0.3 is 0 Å². The molecule has 0 spiro atoms. The molecule has 0 amide bonds. The molecule has 1 rings (SSSR count). The normalized spacial score (nSPS) is 9.44. The topological polar surface area (TPSA) is 66.2 Å². The van der Waals surface area contributed by atoms with Crippen molar-refractivity contribution in [2.45, 2.75) is 0 Å². The van der Waals surface area contributed by atoms with Gasteiger partial charge in [-0.15, -0.1) is 0 Å². The van der Waals surface area contributed by atoms with E-state index < -0.39 is 0 Å². The summed E-state index contributed by atoms with van der Waals surface area (Å²) >= 11 is 0. The first-order valence-electron chi connectivity index (χ1n) is 2.53. The van der Waals surface area contributed by atoms with E-state index in [1.54, 1.807) is 12.1 Å². The SMILES string of the molecule is COn1c(N)ccc1N. The van der Waals surface area contributed by atoms with Crippen molar-refractivity contribution in [3.05, 3.63) is 12.1 Å². The summed E-state index contributed by atoms with van der Waals surface area (Å²) in [6.07, 6.45) is 0. The Morgan fingerprint density at radius 1 is 1.33 bits per heavy atom. The Morgan fingerprint density at radius 3 is 2.00 bits per heavy atom. The van der Waals surface area contributed by atoms with Crippen LogP contribution in [0.25, 0.3) is 0 Å². The van der Waals surface area contributed by atoms with Gasteiger partial charge in [0.15, 0.2) is 0 Å². The number of rotatable bonds is 1. The zero-order chi connectivity index (χ0) is 6.85. The van der Waals surface area contributed by atoms with Gasteiger partial charge in [0.1, 0.15) is 18.7 Å². The molecular weight excluding hydrogens is 118 g/mol. The number of nitrogens with zero attached hydrogens (tertiary/aromatic N) is 1. The fraction of sp³-hybridized carbons (Fsp3) is 0.200. The highest BCUT2D eigenvalue weighted by Gasteiger charge is 1.98. The highest BCUT2D eigenvalue weighted by Crippen LogP contribution is 2.08. The highest BCUT2D eigenvalue weighted by molar-refractivity contribution is 5.43. The molecule has 1 aromatic rings. The smallest absolute Gasteiger partial charge is 0.142 e. The zero-order valence-electron chi connectivity index (χ0n) is 5.16. The first kappa shape index (κ1) is 5.81. The molecule has 9 heavy (non-hydrogen) atoms. The Bertz CT molecular complexity index is 186. The van der Waals surface area contributed by atoms with Crippen molar-refractivity contribution in [1.82, 2.24) is 4.73 Å². The summed E-state index contributed by atoms with van der Waals surface area (Å²) in [5, 5.41) is 0. The van der Waals surface area contributed by atoms with E-state index in [2.05, 4.69) is 0 Å².